The van der Waals surface area contributed by atoms with Crippen molar-refractivity contribution in [3.05, 3.63) is 36.0 Å². The van der Waals surface area contributed by atoms with Crippen LogP contribution in [0.4, 0.5) is 0 Å². The largest absolute Gasteiger partial charge is 0.480 e. The van der Waals surface area contributed by atoms with Crippen LogP contribution in [-0.2, 0) is 25.6 Å². The van der Waals surface area contributed by atoms with Crippen LogP contribution in [0.15, 0.2) is 30.5 Å². The van der Waals surface area contributed by atoms with E-state index in [0.29, 0.717) is 5.56 Å². The number of nitrogens with one attached hydrogen (secondary N) is 4. The number of carboxylic acids is 1. The highest BCUT2D eigenvalue weighted by Gasteiger charge is 2.27. The molecule has 1 heterocycles. The van der Waals surface area contributed by atoms with Gasteiger partial charge in [-0.25, -0.2) is 4.79 Å². The van der Waals surface area contributed by atoms with Gasteiger partial charge in [0, 0.05) is 29.3 Å². The third-order valence-corrected chi connectivity index (χ3v) is 4.90. The number of thiol groups is 1. The Bertz CT molecular complexity index is 949. The van der Waals surface area contributed by atoms with Crippen LogP contribution < -0.4 is 21.7 Å². The molecule has 0 aliphatic heterocycles. The van der Waals surface area contributed by atoms with E-state index < -0.39 is 55.0 Å². The van der Waals surface area contributed by atoms with Gasteiger partial charge in [-0.2, -0.15) is 12.6 Å². The Balaban J connectivity index is 1.97. The number of carboxylic acid groups (broad SMARTS) is 1. The summed E-state index contributed by atoms with van der Waals surface area (Å²) in [7, 11) is 0. The number of fused-ring (bicyclic) bond motifs is 1. The van der Waals surface area contributed by atoms with Crippen molar-refractivity contribution in [1.82, 2.24) is 20.9 Å². The number of aliphatic hydroxyl groups excluding tert-OH is 1. The Kier molecular flexibility index (Phi) is 8.85. The number of aliphatic carboxylic acids is 1. The predicted octanol–water partition coefficient (Wildman–Crippen LogP) is -1.87. The smallest absolute Gasteiger partial charge is 0.326 e. The Morgan fingerprint density at radius 1 is 1.10 bits per heavy atom. The van der Waals surface area contributed by atoms with Crippen molar-refractivity contribution in [3.63, 3.8) is 0 Å². The summed E-state index contributed by atoms with van der Waals surface area (Å²) >= 11 is 3.87. The molecule has 0 saturated heterocycles. The van der Waals surface area contributed by atoms with E-state index in [9.17, 15) is 29.4 Å². The molecule has 0 bridgehead atoms. The fourth-order valence-corrected chi connectivity index (χ4v) is 2.98. The van der Waals surface area contributed by atoms with Gasteiger partial charge >= 0.3 is 5.97 Å². The highest BCUT2D eigenvalue weighted by molar-refractivity contribution is 7.80. The zero-order chi connectivity index (χ0) is 23.0. The lowest BCUT2D eigenvalue weighted by molar-refractivity contribution is -0.142. The van der Waals surface area contributed by atoms with Crippen LogP contribution in [0.5, 0.6) is 0 Å². The molecule has 11 nitrogen and oxygen atoms in total. The lowest BCUT2D eigenvalue weighted by Crippen LogP contribution is -2.55. The number of aromatic nitrogens is 1. The number of rotatable bonds is 11. The number of aromatic amines is 1. The summed E-state index contributed by atoms with van der Waals surface area (Å²) in [4.78, 5) is 50.7. The van der Waals surface area contributed by atoms with Crippen LogP contribution >= 0.6 is 12.6 Å². The molecule has 3 unspecified atom stereocenters. The maximum absolute atomic E-state index is 12.4. The van der Waals surface area contributed by atoms with Gasteiger partial charge in [-0.1, -0.05) is 18.2 Å². The second-order valence-electron chi connectivity index (χ2n) is 6.77. The lowest BCUT2D eigenvalue weighted by atomic mass is 10.0. The Labute approximate surface area is 183 Å². The third kappa shape index (κ3) is 6.70. The summed E-state index contributed by atoms with van der Waals surface area (Å²) in [6.45, 7) is -1.23. The second kappa shape index (κ2) is 11.3. The molecule has 0 radical (unpaired) electrons. The minimum Gasteiger partial charge on any atom is -0.480 e. The number of amides is 3. The van der Waals surface area contributed by atoms with Crippen LogP contribution in [0.25, 0.3) is 10.9 Å². The van der Waals surface area contributed by atoms with Crippen molar-refractivity contribution in [2.45, 2.75) is 24.5 Å². The minimum atomic E-state index is -1.40. The lowest BCUT2D eigenvalue weighted by Gasteiger charge is -2.20. The first-order valence-electron chi connectivity index (χ1n) is 9.39. The van der Waals surface area contributed by atoms with E-state index in [1.54, 1.807) is 6.20 Å². The molecular formula is C19H25N5O6S. The number of hydrogen-bond acceptors (Lipinski definition) is 7. The topological polar surface area (TPSA) is 187 Å². The zero-order valence-corrected chi connectivity index (χ0v) is 17.4. The first-order valence-corrected chi connectivity index (χ1v) is 10.0. The normalized spacial score (nSPS) is 13.8. The molecule has 31 heavy (non-hydrogen) atoms. The van der Waals surface area contributed by atoms with Crippen molar-refractivity contribution >= 4 is 47.2 Å². The number of benzene rings is 1. The van der Waals surface area contributed by atoms with Gasteiger partial charge in [-0.3, -0.25) is 14.4 Å². The van der Waals surface area contributed by atoms with Crippen molar-refractivity contribution in [2.24, 2.45) is 5.73 Å². The average molecular weight is 452 g/mol. The number of hydrogen-bond donors (Lipinski definition) is 8. The van der Waals surface area contributed by atoms with E-state index in [-0.39, 0.29) is 12.2 Å². The fourth-order valence-electron chi connectivity index (χ4n) is 2.81. The summed E-state index contributed by atoms with van der Waals surface area (Å²) in [6, 6.07) is 3.74. The Hall–Kier alpha value is -3.09. The number of H-pyrrole nitrogens is 1. The first kappa shape index (κ1) is 24.2. The molecule has 2 aromatic rings. The van der Waals surface area contributed by atoms with Crippen LogP contribution in [0.3, 0.4) is 0 Å². The predicted molar refractivity (Wildman–Crippen MR) is 115 cm³/mol. The standard InChI is InChI=1S/C19H25N5O6S/c20-12(9-31)17(27)22-7-16(26)23-15(8-25)18(28)24-14(19(29)30)5-10-6-21-13-4-2-1-3-11(10)13/h1-4,6,12,14-15,21,25,31H,5,7-9,20H2,(H,22,27)(H,23,26)(H,24,28)(H,29,30). The molecule has 1 aromatic carbocycles. The van der Waals surface area contributed by atoms with E-state index in [0.717, 1.165) is 10.9 Å². The summed E-state index contributed by atoms with van der Waals surface area (Å²) in [5.74, 6) is -3.41. The Morgan fingerprint density at radius 3 is 2.45 bits per heavy atom. The van der Waals surface area contributed by atoms with E-state index in [2.05, 4.69) is 33.6 Å². The van der Waals surface area contributed by atoms with Gasteiger partial charge in [0.15, 0.2) is 0 Å². The molecule has 3 amide bonds. The number of carbonyl (C=O) groups is 4. The molecule has 0 aliphatic rings. The molecular weight excluding hydrogens is 426 g/mol. The van der Waals surface area contributed by atoms with Gasteiger partial charge in [0.05, 0.1) is 19.2 Å². The van der Waals surface area contributed by atoms with Crippen LogP contribution in [0, 0.1) is 0 Å². The van der Waals surface area contributed by atoms with E-state index in [4.69, 9.17) is 5.73 Å². The molecule has 12 heteroatoms. The first-order chi connectivity index (χ1) is 14.8. The summed E-state index contributed by atoms with van der Waals surface area (Å²) in [5.41, 5.74) is 6.99. The fraction of sp³-hybridized carbons (Fsp3) is 0.368. The number of nitrogens with two attached hydrogens (primary N) is 1. The van der Waals surface area contributed by atoms with Gasteiger partial charge in [0.2, 0.25) is 17.7 Å². The molecule has 2 rings (SSSR count). The maximum Gasteiger partial charge on any atom is 0.326 e. The third-order valence-electron chi connectivity index (χ3n) is 4.50. The summed E-state index contributed by atoms with van der Waals surface area (Å²) < 4.78 is 0. The molecule has 8 N–H and O–H groups in total. The minimum absolute atomic E-state index is 0.00510. The second-order valence-corrected chi connectivity index (χ2v) is 7.14. The molecule has 168 valence electrons. The van der Waals surface area contributed by atoms with E-state index >= 15 is 0 Å². The van der Waals surface area contributed by atoms with Crippen LogP contribution in [0.2, 0.25) is 0 Å². The van der Waals surface area contributed by atoms with Gasteiger partial charge in [-0.15, -0.1) is 0 Å². The van der Waals surface area contributed by atoms with E-state index in [1.807, 2.05) is 24.3 Å². The van der Waals surface area contributed by atoms with Crippen molar-refractivity contribution in [1.29, 1.82) is 0 Å². The highest BCUT2D eigenvalue weighted by atomic mass is 32.1. The van der Waals surface area contributed by atoms with Gasteiger partial charge in [-0.05, 0) is 11.6 Å². The van der Waals surface area contributed by atoms with Gasteiger partial charge < -0.3 is 36.9 Å². The Morgan fingerprint density at radius 2 is 1.81 bits per heavy atom. The number of carbonyl (C=O) groups excluding carboxylic acids is 3. The SMILES string of the molecule is NC(CS)C(=O)NCC(=O)NC(CO)C(=O)NC(Cc1c[nH]c2ccccc12)C(=O)O. The molecule has 1 aromatic heterocycles. The van der Waals surface area contributed by atoms with Gasteiger partial charge in [0.1, 0.15) is 12.1 Å². The molecule has 0 aliphatic carbocycles. The van der Waals surface area contributed by atoms with E-state index in [1.165, 1.54) is 0 Å². The molecule has 0 saturated carbocycles. The zero-order valence-electron chi connectivity index (χ0n) is 16.5. The summed E-state index contributed by atoms with van der Waals surface area (Å²) in [6.07, 6.45) is 1.66. The molecule has 0 spiro atoms. The number of para-hydroxylation sites is 1. The average Bonchev–Trinajstić information content (AvgIpc) is 3.17. The highest BCUT2D eigenvalue weighted by Crippen LogP contribution is 2.19. The monoisotopic (exact) mass is 451 g/mol. The van der Waals surface area contributed by atoms with Crippen molar-refractivity contribution < 1.29 is 29.4 Å². The maximum atomic E-state index is 12.4. The molecule has 0 fully saturated rings. The number of aliphatic hydroxyl groups is 1. The van der Waals surface area contributed by atoms with Gasteiger partial charge in [0.25, 0.3) is 0 Å². The van der Waals surface area contributed by atoms with Crippen LogP contribution in [-0.4, -0.2) is 75.9 Å². The summed E-state index contributed by atoms with van der Waals surface area (Å²) in [5, 5.41) is 26.6. The van der Waals surface area contributed by atoms with Crippen molar-refractivity contribution in [2.75, 3.05) is 18.9 Å². The quantitative estimate of drug-likeness (QED) is 0.184. The van der Waals surface area contributed by atoms with Crippen molar-refractivity contribution in [3.8, 4) is 0 Å². The molecule has 3 atom stereocenters. The van der Waals surface area contributed by atoms with Crippen LogP contribution in [0.1, 0.15) is 5.56 Å².